The minimum atomic E-state index is -0.116. The molecular weight excluding hydrogens is 258 g/mol. The van der Waals surface area contributed by atoms with Crippen LogP contribution in [0, 0.1) is 0 Å². The van der Waals surface area contributed by atoms with E-state index in [1.54, 1.807) is 0 Å². The van der Waals surface area contributed by atoms with Gasteiger partial charge < -0.3 is 5.73 Å². The molecular formula is C18H19N3. The summed E-state index contributed by atoms with van der Waals surface area (Å²) in [5.74, 6) is 0. The predicted molar refractivity (Wildman–Crippen MR) is 86.0 cm³/mol. The normalized spacial score (nSPS) is 12.5. The molecule has 0 aliphatic carbocycles. The number of rotatable bonds is 4. The summed E-state index contributed by atoms with van der Waals surface area (Å²) in [6, 6.07) is 16.2. The Kier molecular flexibility index (Phi) is 3.93. The van der Waals surface area contributed by atoms with Crippen molar-refractivity contribution in [2.45, 2.75) is 25.8 Å². The maximum absolute atomic E-state index is 6.34. The number of nitrogens with two attached hydrogens (primary N) is 1. The molecule has 0 fully saturated rings. The highest BCUT2D eigenvalue weighted by molar-refractivity contribution is 5.78. The van der Waals surface area contributed by atoms with Gasteiger partial charge >= 0.3 is 0 Å². The summed E-state index contributed by atoms with van der Waals surface area (Å²) in [7, 11) is 0. The summed E-state index contributed by atoms with van der Waals surface area (Å²) < 4.78 is 0. The molecule has 1 unspecified atom stereocenters. The van der Waals surface area contributed by atoms with E-state index in [2.05, 4.69) is 41.2 Å². The molecule has 106 valence electrons. The van der Waals surface area contributed by atoms with Crippen molar-refractivity contribution in [3.63, 3.8) is 0 Å². The molecule has 0 amide bonds. The summed E-state index contributed by atoms with van der Waals surface area (Å²) in [5.41, 5.74) is 10.6. The van der Waals surface area contributed by atoms with Gasteiger partial charge in [-0.25, -0.2) is 0 Å². The van der Waals surface area contributed by atoms with Crippen molar-refractivity contribution in [2.75, 3.05) is 0 Å². The van der Waals surface area contributed by atoms with Crippen molar-refractivity contribution in [1.82, 2.24) is 9.97 Å². The van der Waals surface area contributed by atoms with Crippen molar-refractivity contribution in [1.29, 1.82) is 0 Å². The Balaban J connectivity index is 1.87. The fourth-order valence-electron chi connectivity index (χ4n) is 2.63. The number of para-hydroxylation sites is 1. The molecule has 0 saturated carbocycles. The van der Waals surface area contributed by atoms with Crippen LogP contribution in [0.2, 0.25) is 0 Å². The van der Waals surface area contributed by atoms with Crippen LogP contribution in [0.4, 0.5) is 0 Å². The molecule has 0 bridgehead atoms. The van der Waals surface area contributed by atoms with Gasteiger partial charge in [-0.1, -0.05) is 37.3 Å². The van der Waals surface area contributed by atoms with Gasteiger partial charge in [0.25, 0.3) is 0 Å². The van der Waals surface area contributed by atoms with Crippen molar-refractivity contribution < 1.29 is 0 Å². The lowest BCUT2D eigenvalue weighted by Crippen LogP contribution is -2.17. The molecule has 1 atom stereocenters. The van der Waals surface area contributed by atoms with Crippen LogP contribution in [0.5, 0.6) is 0 Å². The number of aromatic nitrogens is 2. The number of fused-ring (bicyclic) bond motifs is 1. The summed E-state index contributed by atoms with van der Waals surface area (Å²) in [6.07, 6.45) is 3.46. The lowest BCUT2D eigenvalue weighted by molar-refractivity contribution is 0.675. The molecule has 0 saturated heterocycles. The van der Waals surface area contributed by atoms with E-state index in [4.69, 9.17) is 5.73 Å². The van der Waals surface area contributed by atoms with Crippen LogP contribution < -0.4 is 5.73 Å². The van der Waals surface area contributed by atoms with Crippen molar-refractivity contribution in [3.8, 4) is 0 Å². The third-order valence-electron chi connectivity index (χ3n) is 3.74. The topological polar surface area (TPSA) is 51.8 Å². The Hall–Kier alpha value is -2.26. The van der Waals surface area contributed by atoms with E-state index in [0.717, 1.165) is 28.7 Å². The maximum Gasteiger partial charge on any atom is 0.0705 e. The van der Waals surface area contributed by atoms with Gasteiger partial charge in [-0.2, -0.15) is 0 Å². The monoisotopic (exact) mass is 277 g/mol. The Morgan fingerprint density at radius 3 is 2.76 bits per heavy atom. The molecule has 0 radical (unpaired) electrons. The van der Waals surface area contributed by atoms with Crippen LogP contribution in [-0.4, -0.2) is 9.97 Å². The van der Waals surface area contributed by atoms with Crippen molar-refractivity contribution in [3.05, 3.63) is 71.7 Å². The summed E-state index contributed by atoms with van der Waals surface area (Å²) >= 11 is 0. The van der Waals surface area contributed by atoms with Gasteiger partial charge in [-0.15, -0.1) is 0 Å². The second-order valence-electron chi connectivity index (χ2n) is 5.21. The smallest absolute Gasteiger partial charge is 0.0705 e. The van der Waals surface area contributed by atoms with Gasteiger partial charge in [0.05, 0.1) is 17.3 Å². The van der Waals surface area contributed by atoms with Crippen molar-refractivity contribution >= 4 is 10.9 Å². The molecule has 2 heterocycles. The summed E-state index contributed by atoms with van der Waals surface area (Å²) in [4.78, 5) is 9.14. The molecule has 2 N–H and O–H groups in total. The molecule has 21 heavy (non-hydrogen) atoms. The lowest BCUT2D eigenvalue weighted by Gasteiger charge is -2.14. The second-order valence-corrected chi connectivity index (χ2v) is 5.21. The Labute approximate surface area is 124 Å². The maximum atomic E-state index is 6.34. The predicted octanol–water partition coefficient (Wildman–Crippen LogP) is 3.43. The van der Waals surface area contributed by atoms with Gasteiger partial charge in [0.2, 0.25) is 0 Å². The molecule has 0 aliphatic heterocycles. The zero-order chi connectivity index (χ0) is 14.7. The molecule has 3 nitrogen and oxygen atoms in total. The second kappa shape index (κ2) is 6.02. The third kappa shape index (κ3) is 2.93. The van der Waals surface area contributed by atoms with Crippen LogP contribution in [0.25, 0.3) is 10.9 Å². The standard InChI is InChI=1S/C18H19N3/c1-2-13-7-5-11-20-18(13)16(19)12-15-10-9-14-6-3-4-8-17(14)21-15/h3-11,16H,2,12,19H2,1H3. The van der Waals surface area contributed by atoms with Gasteiger partial charge in [0.1, 0.15) is 0 Å². The van der Waals surface area contributed by atoms with Crippen molar-refractivity contribution in [2.24, 2.45) is 5.73 Å². The summed E-state index contributed by atoms with van der Waals surface area (Å²) in [6.45, 7) is 2.13. The molecule has 3 aromatic rings. The number of hydrogen-bond acceptors (Lipinski definition) is 3. The van der Waals surface area contributed by atoms with Crippen LogP contribution in [0.1, 0.15) is 29.9 Å². The quantitative estimate of drug-likeness (QED) is 0.795. The Morgan fingerprint density at radius 1 is 1.05 bits per heavy atom. The Bertz CT molecular complexity index is 752. The van der Waals surface area contributed by atoms with Gasteiger partial charge in [-0.3, -0.25) is 9.97 Å². The highest BCUT2D eigenvalue weighted by atomic mass is 14.8. The highest BCUT2D eigenvalue weighted by Gasteiger charge is 2.13. The van der Waals surface area contributed by atoms with Gasteiger partial charge in [-0.05, 0) is 30.2 Å². The van der Waals surface area contributed by atoms with Crippen LogP contribution in [-0.2, 0) is 12.8 Å². The average molecular weight is 277 g/mol. The van der Waals surface area contributed by atoms with Crippen LogP contribution >= 0.6 is 0 Å². The first-order valence-corrected chi connectivity index (χ1v) is 7.32. The Morgan fingerprint density at radius 2 is 1.90 bits per heavy atom. The fraction of sp³-hybridized carbons (Fsp3) is 0.222. The van der Waals surface area contributed by atoms with Crippen LogP contribution in [0.15, 0.2) is 54.7 Å². The van der Waals surface area contributed by atoms with E-state index in [0.29, 0.717) is 6.42 Å². The minimum Gasteiger partial charge on any atom is -0.322 e. The zero-order valence-electron chi connectivity index (χ0n) is 12.2. The van der Waals surface area contributed by atoms with E-state index < -0.39 is 0 Å². The molecule has 1 aromatic carbocycles. The molecule has 2 aromatic heterocycles. The molecule has 3 rings (SSSR count). The lowest BCUT2D eigenvalue weighted by atomic mass is 10.0. The molecule has 3 heteroatoms. The number of aryl methyl sites for hydroxylation is 1. The van der Waals surface area contributed by atoms with Gasteiger partial charge in [0.15, 0.2) is 0 Å². The van der Waals surface area contributed by atoms with E-state index >= 15 is 0 Å². The van der Waals surface area contributed by atoms with E-state index in [-0.39, 0.29) is 6.04 Å². The molecule has 0 spiro atoms. The number of pyridine rings is 2. The van der Waals surface area contributed by atoms with E-state index in [9.17, 15) is 0 Å². The SMILES string of the molecule is CCc1cccnc1C(N)Cc1ccc2ccccc2n1. The summed E-state index contributed by atoms with van der Waals surface area (Å²) in [5, 5.41) is 1.15. The van der Waals surface area contributed by atoms with Crippen LogP contribution in [0.3, 0.4) is 0 Å². The average Bonchev–Trinajstić information content (AvgIpc) is 2.54. The highest BCUT2D eigenvalue weighted by Crippen LogP contribution is 2.19. The minimum absolute atomic E-state index is 0.116. The first-order valence-electron chi connectivity index (χ1n) is 7.32. The first kappa shape index (κ1) is 13.7. The number of hydrogen-bond donors (Lipinski definition) is 1. The van der Waals surface area contributed by atoms with E-state index in [1.165, 1.54) is 5.56 Å². The van der Waals surface area contributed by atoms with E-state index in [1.807, 2.05) is 30.5 Å². The van der Waals surface area contributed by atoms with Gasteiger partial charge in [0, 0.05) is 23.7 Å². The first-order chi connectivity index (χ1) is 10.3. The fourth-order valence-corrected chi connectivity index (χ4v) is 2.63. The molecule has 0 aliphatic rings. The number of nitrogens with zero attached hydrogens (tertiary/aromatic N) is 2. The number of benzene rings is 1. The zero-order valence-corrected chi connectivity index (χ0v) is 12.2. The third-order valence-corrected chi connectivity index (χ3v) is 3.74. The largest absolute Gasteiger partial charge is 0.322 e.